The summed E-state index contributed by atoms with van der Waals surface area (Å²) in [7, 11) is -4.07. The second-order valence-electron chi connectivity index (χ2n) is 4.42. The summed E-state index contributed by atoms with van der Waals surface area (Å²) >= 11 is 4.13. The Bertz CT molecular complexity index is 559. The summed E-state index contributed by atoms with van der Waals surface area (Å²) in [6.07, 6.45) is -3.55. The summed E-state index contributed by atoms with van der Waals surface area (Å²) < 4.78 is 63.2. The van der Waals surface area contributed by atoms with E-state index in [-0.39, 0.29) is 4.21 Å². The molecule has 2 rings (SSSR count). The minimum Gasteiger partial charge on any atom is -0.206 e. The third kappa shape index (κ3) is 3.50. The molecule has 0 saturated heterocycles. The molecule has 1 aromatic rings. The Kier molecular flexibility index (Phi) is 4.03. The first kappa shape index (κ1) is 15.3. The van der Waals surface area contributed by atoms with E-state index in [9.17, 15) is 21.6 Å². The van der Waals surface area contributed by atoms with E-state index in [1.807, 2.05) is 0 Å². The number of thiophene rings is 1. The zero-order chi connectivity index (χ0) is 14.4. The van der Waals surface area contributed by atoms with Gasteiger partial charge >= 0.3 is 6.18 Å². The number of hydrogen-bond acceptors (Lipinski definition) is 3. The summed E-state index contributed by atoms with van der Waals surface area (Å²) in [5.41, 5.74) is 0.700. The van der Waals surface area contributed by atoms with Crippen LogP contribution in [0.3, 0.4) is 0 Å². The van der Waals surface area contributed by atoms with Crippen molar-refractivity contribution in [1.82, 2.24) is 4.31 Å². The molecule has 9 heteroatoms. The minimum atomic E-state index is -4.53. The van der Waals surface area contributed by atoms with Gasteiger partial charge in [0.1, 0.15) is 10.8 Å². The van der Waals surface area contributed by atoms with E-state index >= 15 is 0 Å². The van der Waals surface area contributed by atoms with Gasteiger partial charge < -0.3 is 0 Å². The van der Waals surface area contributed by atoms with E-state index in [1.54, 1.807) is 6.92 Å². The molecular weight excluding hydrogens is 367 g/mol. The molecule has 0 spiro atoms. The van der Waals surface area contributed by atoms with Crippen LogP contribution in [0.4, 0.5) is 13.2 Å². The molecule has 108 valence electrons. The highest BCUT2D eigenvalue weighted by Gasteiger charge is 2.45. The molecule has 0 amide bonds. The Labute approximate surface area is 121 Å². The van der Waals surface area contributed by atoms with Crippen LogP contribution in [0.1, 0.15) is 18.4 Å². The van der Waals surface area contributed by atoms with Crippen molar-refractivity contribution in [3.63, 3.8) is 0 Å². The zero-order valence-electron chi connectivity index (χ0n) is 9.87. The highest BCUT2D eigenvalue weighted by Crippen LogP contribution is 2.38. The quantitative estimate of drug-likeness (QED) is 0.804. The van der Waals surface area contributed by atoms with Gasteiger partial charge in [-0.2, -0.15) is 17.5 Å². The van der Waals surface area contributed by atoms with E-state index in [0.717, 1.165) is 11.3 Å². The van der Waals surface area contributed by atoms with Crippen LogP contribution in [0.2, 0.25) is 0 Å². The van der Waals surface area contributed by atoms with Gasteiger partial charge in [-0.3, -0.25) is 0 Å². The third-order valence-corrected chi connectivity index (χ3v) is 7.17. The molecule has 0 aliphatic heterocycles. The van der Waals surface area contributed by atoms with Gasteiger partial charge in [0, 0.05) is 6.04 Å². The summed E-state index contributed by atoms with van der Waals surface area (Å²) in [5, 5.41) is 0. The first-order chi connectivity index (χ1) is 8.61. The van der Waals surface area contributed by atoms with Crippen LogP contribution in [-0.2, 0) is 10.0 Å². The molecule has 0 aromatic carbocycles. The van der Waals surface area contributed by atoms with Crippen molar-refractivity contribution in [3.05, 3.63) is 15.4 Å². The van der Waals surface area contributed by atoms with Crippen molar-refractivity contribution in [1.29, 1.82) is 0 Å². The van der Waals surface area contributed by atoms with Gasteiger partial charge in [0.15, 0.2) is 0 Å². The Hall–Kier alpha value is -0.120. The van der Waals surface area contributed by atoms with Crippen LogP contribution < -0.4 is 0 Å². The summed E-state index contributed by atoms with van der Waals surface area (Å²) in [6, 6.07) is 0.878. The van der Waals surface area contributed by atoms with Crippen molar-refractivity contribution in [3.8, 4) is 0 Å². The van der Waals surface area contributed by atoms with E-state index in [0.29, 0.717) is 26.5 Å². The van der Waals surface area contributed by atoms with Crippen molar-refractivity contribution < 1.29 is 21.6 Å². The Morgan fingerprint density at radius 1 is 1.47 bits per heavy atom. The fourth-order valence-corrected chi connectivity index (χ4v) is 5.65. The zero-order valence-corrected chi connectivity index (χ0v) is 13.1. The van der Waals surface area contributed by atoms with Gasteiger partial charge in [-0.25, -0.2) is 8.42 Å². The third-order valence-electron chi connectivity index (χ3n) is 2.69. The molecular formula is C10H11BrF3NO2S2. The molecule has 0 N–H and O–H groups in total. The molecule has 1 aromatic heterocycles. The molecule has 1 aliphatic carbocycles. The van der Waals surface area contributed by atoms with Crippen molar-refractivity contribution in [2.45, 2.75) is 36.2 Å². The predicted molar refractivity (Wildman–Crippen MR) is 69.7 cm³/mol. The molecule has 19 heavy (non-hydrogen) atoms. The average Bonchev–Trinajstić information content (AvgIpc) is 3.02. The van der Waals surface area contributed by atoms with Gasteiger partial charge in [-0.15, -0.1) is 11.3 Å². The van der Waals surface area contributed by atoms with Gasteiger partial charge in [-0.1, -0.05) is 0 Å². The summed E-state index contributed by atoms with van der Waals surface area (Å²) in [5.74, 6) is 0. The lowest BCUT2D eigenvalue weighted by molar-refractivity contribution is -0.136. The van der Waals surface area contributed by atoms with Gasteiger partial charge in [0.25, 0.3) is 10.0 Å². The smallest absolute Gasteiger partial charge is 0.206 e. The minimum absolute atomic E-state index is 0.0481. The topological polar surface area (TPSA) is 37.4 Å². The normalized spacial score (nSPS) is 17.2. The lowest BCUT2D eigenvalue weighted by Crippen LogP contribution is -2.40. The molecule has 1 fully saturated rings. The lowest BCUT2D eigenvalue weighted by Gasteiger charge is -2.22. The molecule has 0 bridgehead atoms. The maximum Gasteiger partial charge on any atom is 0.402 e. The number of alkyl halides is 3. The van der Waals surface area contributed by atoms with E-state index < -0.39 is 28.8 Å². The highest BCUT2D eigenvalue weighted by atomic mass is 79.9. The Balaban J connectivity index is 2.34. The van der Waals surface area contributed by atoms with Gasteiger partial charge in [0.05, 0.1) is 3.79 Å². The number of nitrogens with zero attached hydrogens (tertiary/aromatic N) is 1. The number of rotatable bonds is 4. The van der Waals surface area contributed by atoms with Gasteiger partial charge in [0.2, 0.25) is 0 Å². The molecule has 1 heterocycles. The first-order valence-corrected chi connectivity index (χ1v) is 8.51. The molecule has 0 atom stereocenters. The highest BCUT2D eigenvalue weighted by molar-refractivity contribution is 9.11. The standard InChI is InChI=1S/C10H11BrF3NO2S2/c1-6-4-8(18-9(6)11)19(16,17)15(7-2-3-7)5-10(12,13)14/h4,7H,2-3,5H2,1H3. The second kappa shape index (κ2) is 5.01. The lowest BCUT2D eigenvalue weighted by atomic mass is 10.4. The molecule has 0 radical (unpaired) electrons. The second-order valence-corrected chi connectivity index (χ2v) is 8.91. The number of halogens is 4. The van der Waals surface area contributed by atoms with Crippen LogP contribution in [-0.4, -0.2) is 31.5 Å². The summed E-state index contributed by atoms with van der Waals surface area (Å²) in [4.78, 5) is 0. The van der Waals surface area contributed by atoms with Crippen LogP contribution in [0.25, 0.3) is 0 Å². The van der Waals surface area contributed by atoms with Gasteiger partial charge in [-0.05, 0) is 47.3 Å². The van der Waals surface area contributed by atoms with E-state index in [2.05, 4.69) is 15.9 Å². The monoisotopic (exact) mass is 377 g/mol. The maximum atomic E-state index is 12.5. The van der Waals surface area contributed by atoms with Crippen LogP contribution in [0.5, 0.6) is 0 Å². The van der Waals surface area contributed by atoms with E-state index in [1.165, 1.54) is 6.07 Å². The van der Waals surface area contributed by atoms with Crippen LogP contribution in [0.15, 0.2) is 14.1 Å². The molecule has 0 unspecified atom stereocenters. The van der Waals surface area contributed by atoms with Crippen LogP contribution in [0, 0.1) is 6.92 Å². The van der Waals surface area contributed by atoms with Crippen molar-refractivity contribution in [2.75, 3.05) is 6.54 Å². The SMILES string of the molecule is Cc1cc(S(=O)(=O)N(CC(F)(F)F)C2CC2)sc1Br. The average molecular weight is 378 g/mol. The number of hydrogen-bond donors (Lipinski definition) is 0. The molecule has 3 nitrogen and oxygen atoms in total. The molecule has 1 aliphatic rings. The fraction of sp³-hybridized carbons (Fsp3) is 0.600. The van der Waals surface area contributed by atoms with Crippen LogP contribution >= 0.6 is 27.3 Å². The summed E-state index contributed by atoms with van der Waals surface area (Å²) in [6.45, 7) is 0.277. The number of aryl methyl sites for hydroxylation is 1. The fourth-order valence-electron chi connectivity index (χ4n) is 1.62. The first-order valence-electron chi connectivity index (χ1n) is 5.46. The largest absolute Gasteiger partial charge is 0.402 e. The molecule has 1 saturated carbocycles. The Morgan fingerprint density at radius 3 is 2.42 bits per heavy atom. The predicted octanol–water partition coefficient (Wildman–Crippen LogP) is 3.53. The van der Waals surface area contributed by atoms with Crippen molar-refractivity contribution >= 4 is 37.3 Å². The van der Waals surface area contributed by atoms with E-state index in [4.69, 9.17) is 0 Å². The van der Waals surface area contributed by atoms with Crippen molar-refractivity contribution in [2.24, 2.45) is 0 Å². The Morgan fingerprint density at radius 2 is 2.05 bits per heavy atom. The maximum absolute atomic E-state index is 12.5. The number of sulfonamides is 1.